The monoisotopic (exact) mass is 278 g/mol. The Kier molecular flexibility index (Phi) is 3.04. The summed E-state index contributed by atoms with van der Waals surface area (Å²) in [6, 6.07) is 13.0. The fourth-order valence-corrected chi connectivity index (χ4v) is 2.32. The molecule has 0 bridgehead atoms. The maximum Gasteiger partial charge on any atom is 0.416 e. The van der Waals surface area contributed by atoms with Crippen LogP contribution in [0, 0.1) is 0 Å². The molecule has 2 nitrogen and oxygen atoms in total. The van der Waals surface area contributed by atoms with E-state index >= 15 is 0 Å². The van der Waals surface area contributed by atoms with Crippen molar-refractivity contribution in [1.29, 1.82) is 0 Å². The van der Waals surface area contributed by atoms with E-state index in [4.69, 9.17) is 0 Å². The van der Waals surface area contributed by atoms with Crippen LogP contribution in [0.4, 0.5) is 24.5 Å². The third kappa shape index (κ3) is 2.43. The molecule has 0 aliphatic carbocycles. The van der Waals surface area contributed by atoms with Gasteiger partial charge in [0.15, 0.2) is 0 Å². The van der Waals surface area contributed by atoms with Crippen LogP contribution in [0.5, 0.6) is 0 Å². The van der Waals surface area contributed by atoms with E-state index in [1.54, 1.807) is 0 Å². The first-order chi connectivity index (χ1) is 9.54. The van der Waals surface area contributed by atoms with E-state index in [-0.39, 0.29) is 6.04 Å². The molecule has 0 aromatic heterocycles. The van der Waals surface area contributed by atoms with Crippen LogP contribution in [0.3, 0.4) is 0 Å². The summed E-state index contributed by atoms with van der Waals surface area (Å²) in [7, 11) is 0. The lowest BCUT2D eigenvalue weighted by atomic mass is 10.0. The number of hydrogen-bond acceptors (Lipinski definition) is 2. The number of benzene rings is 2. The number of para-hydroxylation sites is 2. The van der Waals surface area contributed by atoms with Gasteiger partial charge in [-0.2, -0.15) is 13.2 Å². The van der Waals surface area contributed by atoms with Gasteiger partial charge in [-0.3, -0.25) is 0 Å². The molecule has 104 valence electrons. The lowest BCUT2D eigenvalue weighted by Crippen LogP contribution is -2.25. The minimum atomic E-state index is -4.29. The van der Waals surface area contributed by atoms with Crippen LogP contribution in [0.1, 0.15) is 17.2 Å². The van der Waals surface area contributed by atoms with Crippen molar-refractivity contribution in [3.8, 4) is 0 Å². The average Bonchev–Trinajstić information content (AvgIpc) is 2.46. The molecule has 2 N–H and O–H groups in total. The normalized spacial score (nSPS) is 17.9. The summed E-state index contributed by atoms with van der Waals surface area (Å²) in [6.07, 6.45) is -4.29. The van der Waals surface area contributed by atoms with Crippen molar-refractivity contribution in [1.82, 2.24) is 0 Å². The molecule has 0 spiro atoms. The van der Waals surface area contributed by atoms with Gasteiger partial charge in [0.2, 0.25) is 0 Å². The number of fused-ring (bicyclic) bond motifs is 1. The third-order valence-electron chi connectivity index (χ3n) is 3.39. The topological polar surface area (TPSA) is 24.1 Å². The minimum absolute atomic E-state index is 0.0350. The molecule has 0 saturated carbocycles. The number of anilines is 2. The van der Waals surface area contributed by atoms with E-state index in [1.807, 2.05) is 24.3 Å². The van der Waals surface area contributed by atoms with Crippen LogP contribution >= 0.6 is 0 Å². The highest BCUT2D eigenvalue weighted by Gasteiger charge is 2.30. The largest absolute Gasteiger partial charge is 0.416 e. The molecular weight excluding hydrogens is 265 g/mol. The molecule has 20 heavy (non-hydrogen) atoms. The van der Waals surface area contributed by atoms with Crippen molar-refractivity contribution in [3.63, 3.8) is 0 Å². The van der Waals surface area contributed by atoms with Gasteiger partial charge < -0.3 is 10.6 Å². The molecule has 1 aliphatic rings. The molecule has 0 unspecified atom stereocenters. The van der Waals surface area contributed by atoms with E-state index in [2.05, 4.69) is 10.6 Å². The van der Waals surface area contributed by atoms with Crippen molar-refractivity contribution in [2.24, 2.45) is 0 Å². The zero-order chi connectivity index (χ0) is 14.2. The SMILES string of the molecule is FC(F)(F)c1ccc([C@H]2CNc3ccccc3N2)cc1. The van der Waals surface area contributed by atoms with Crippen LogP contribution in [-0.2, 0) is 6.18 Å². The van der Waals surface area contributed by atoms with Gasteiger partial charge in [0.1, 0.15) is 0 Å². The lowest BCUT2D eigenvalue weighted by Gasteiger charge is -2.28. The van der Waals surface area contributed by atoms with Gasteiger partial charge >= 0.3 is 6.18 Å². The molecule has 3 rings (SSSR count). The van der Waals surface area contributed by atoms with Crippen molar-refractivity contribution >= 4 is 11.4 Å². The van der Waals surface area contributed by atoms with E-state index in [1.165, 1.54) is 12.1 Å². The third-order valence-corrected chi connectivity index (χ3v) is 3.39. The second-order valence-electron chi connectivity index (χ2n) is 4.74. The molecule has 0 radical (unpaired) electrons. The Labute approximate surface area is 114 Å². The highest BCUT2D eigenvalue weighted by Crippen LogP contribution is 2.33. The van der Waals surface area contributed by atoms with Gasteiger partial charge in [0.05, 0.1) is 23.0 Å². The highest BCUT2D eigenvalue weighted by molar-refractivity contribution is 5.71. The Morgan fingerprint density at radius 2 is 1.55 bits per heavy atom. The van der Waals surface area contributed by atoms with Gasteiger partial charge in [-0.05, 0) is 29.8 Å². The molecule has 1 aliphatic heterocycles. The summed E-state index contributed by atoms with van der Waals surface area (Å²) in [5, 5.41) is 6.60. The summed E-state index contributed by atoms with van der Waals surface area (Å²) in [6.45, 7) is 0.641. The lowest BCUT2D eigenvalue weighted by molar-refractivity contribution is -0.137. The minimum Gasteiger partial charge on any atom is -0.381 e. The van der Waals surface area contributed by atoms with E-state index in [9.17, 15) is 13.2 Å². The number of hydrogen-bond donors (Lipinski definition) is 2. The smallest absolute Gasteiger partial charge is 0.381 e. The van der Waals surface area contributed by atoms with Gasteiger partial charge in [0.25, 0.3) is 0 Å². The second kappa shape index (κ2) is 4.74. The van der Waals surface area contributed by atoms with Crippen LogP contribution in [0.15, 0.2) is 48.5 Å². The first-order valence-corrected chi connectivity index (χ1v) is 6.30. The van der Waals surface area contributed by atoms with Crippen LogP contribution in [0.25, 0.3) is 0 Å². The Hall–Kier alpha value is -2.17. The van der Waals surface area contributed by atoms with Gasteiger partial charge in [-0.15, -0.1) is 0 Å². The molecule has 0 saturated heterocycles. The van der Waals surface area contributed by atoms with E-state index < -0.39 is 11.7 Å². The fourth-order valence-electron chi connectivity index (χ4n) is 2.32. The Morgan fingerprint density at radius 3 is 2.20 bits per heavy atom. The number of alkyl halides is 3. The first kappa shape index (κ1) is 12.8. The van der Waals surface area contributed by atoms with Crippen LogP contribution in [0.2, 0.25) is 0 Å². The Balaban J connectivity index is 1.81. The molecular formula is C15H13F3N2. The van der Waals surface area contributed by atoms with Crippen molar-refractivity contribution in [2.45, 2.75) is 12.2 Å². The van der Waals surface area contributed by atoms with Gasteiger partial charge in [-0.1, -0.05) is 24.3 Å². The quantitative estimate of drug-likeness (QED) is 0.813. The van der Waals surface area contributed by atoms with Gasteiger partial charge in [-0.25, -0.2) is 0 Å². The number of halogens is 3. The second-order valence-corrected chi connectivity index (χ2v) is 4.74. The summed E-state index contributed by atoms with van der Waals surface area (Å²) in [4.78, 5) is 0. The van der Waals surface area contributed by atoms with E-state index in [0.717, 1.165) is 29.1 Å². The molecule has 0 fully saturated rings. The standard InChI is InChI=1S/C15H13F3N2/c16-15(17,18)11-7-5-10(6-8-11)14-9-19-12-3-1-2-4-13(12)20-14/h1-8,14,19-20H,9H2/t14-/m1/s1. The molecule has 2 aromatic carbocycles. The Bertz CT molecular complexity index is 605. The average molecular weight is 278 g/mol. The van der Waals surface area contributed by atoms with Crippen molar-refractivity contribution < 1.29 is 13.2 Å². The number of rotatable bonds is 1. The highest BCUT2D eigenvalue weighted by atomic mass is 19.4. The maximum atomic E-state index is 12.5. The molecule has 1 heterocycles. The van der Waals surface area contributed by atoms with Gasteiger partial charge in [0, 0.05) is 6.54 Å². The predicted octanol–water partition coefficient (Wildman–Crippen LogP) is 4.28. The van der Waals surface area contributed by atoms with Crippen LogP contribution < -0.4 is 10.6 Å². The fraction of sp³-hybridized carbons (Fsp3) is 0.200. The summed E-state index contributed by atoms with van der Waals surface area (Å²) in [5.41, 5.74) is 2.18. The molecule has 0 amide bonds. The first-order valence-electron chi connectivity index (χ1n) is 6.30. The van der Waals surface area contributed by atoms with Crippen molar-refractivity contribution in [3.05, 3.63) is 59.7 Å². The van der Waals surface area contributed by atoms with Crippen LogP contribution in [-0.4, -0.2) is 6.54 Å². The molecule has 1 atom stereocenters. The summed E-state index contributed by atoms with van der Waals surface area (Å²) in [5.74, 6) is 0. The zero-order valence-electron chi connectivity index (χ0n) is 10.5. The predicted molar refractivity (Wildman–Crippen MR) is 72.7 cm³/mol. The maximum absolute atomic E-state index is 12.5. The number of nitrogens with one attached hydrogen (secondary N) is 2. The molecule has 2 aromatic rings. The van der Waals surface area contributed by atoms with E-state index in [0.29, 0.717) is 6.54 Å². The Morgan fingerprint density at radius 1 is 0.900 bits per heavy atom. The molecule has 5 heteroatoms. The summed E-state index contributed by atoms with van der Waals surface area (Å²) >= 11 is 0. The summed E-state index contributed by atoms with van der Waals surface area (Å²) < 4.78 is 37.6. The zero-order valence-corrected chi connectivity index (χ0v) is 10.5. The van der Waals surface area contributed by atoms with Crippen molar-refractivity contribution in [2.75, 3.05) is 17.2 Å².